The third-order valence-corrected chi connectivity index (χ3v) is 4.06. The minimum atomic E-state index is -0.938. The van der Waals surface area contributed by atoms with Gasteiger partial charge in [0.05, 0.1) is 5.56 Å². The van der Waals surface area contributed by atoms with Crippen molar-refractivity contribution >= 4 is 29.7 Å². The summed E-state index contributed by atoms with van der Waals surface area (Å²) in [4.78, 5) is 10.9. The number of benzene rings is 3. The van der Waals surface area contributed by atoms with Gasteiger partial charge in [0.2, 0.25) is 0 Å². The van der Waals surface area contributed by atoms with Gasteiger partial charge in [-0.1, -0.05) is 66.2 Å². The van der Waals surface area contributed by atoms with E-state index in [0.29, 0.717) is 11.6 Å². The van der Waals surface area contributed by atoms with Crippen LogP contribution in [0.15, 0.2) is 72.8 Å². The Morgan fingerprint density at radius 1 is 0.962 bits per heavy atom. The van der Waals surface area contributed by atoms with Gasteiger partial charge in [-0.15, -0.1) is 0 Å². The smallest absolute Gasteiger partial charge is 0.335 e. The number of hydrogen-bond acceptors (Lipinski definition) is 2. The Morgan fingerprint density at radius 3 is 2.38 bits per heavy atom. The first-order valence-corrected chi connectivity index (χ1v) is 8.47. The molecule has 0 amide bonds. The van der Waals surface area contributed by atoms with Gasteiger partial charge in [-0.3, -0.25) is 0 Å². The standard InChI is InChI=1S/C22H17ClO3/c23-20-12-13-21(26-15-17-4-2-1-3-5-17)19(14-20)11-8-16-6-9-18(10-7-16)22(24)25/h1-14H,15H2,(H,24,25)/b11-8+. The summed E-state index contributed by atoms with van der Waals surface area (Å²) in [5, 5.41) is 9.58. The largest absolute Gasteiger partial charge is 0.488 e. The topological polar surface area (TPSA) is 46.5 Å². The van der Waals surface area contributed by atoms with Gasteiger partial charge in [0.1, 0.15) is 12.4 Å². The fraction of sp³-hybridized carbons (Fsp3) is 0.0455. The summed E-state index contributed by atoms with van der Waals surface area (Å²) in [5.74, 6) is -0.205. The van der Waals surface area contributed by atoms with E-state index >= 15 is 0 Å². The van der Waals surface area contributed by atoms with Crippen LogP contribution in [0, 0.1) is 0 Å². The Labute approximate surface area is 157 Å². The van der Waals surface area contributed by atoms with Crippen molar-refractivity contribution in [2.45, 2.75) is 6.61 Å². The average molecular weight is 365 g/mol. The zero-order valence-electron chi connectivity index (χ0n) is 13.9. The molecule has 0 heterocycles. The maximum Gasteiger partial charge on any atom is 0.335 e. The van der Waals surface area contributed by atoms with Crippen molar-refractivity contribution in [2.75, 3.05) is 0 Å². The van der Waals surface area contributed by atoms with Crippen LogP contribution in [0.1, 0.15) is 27.0 Å². The Hall–Kier alpha value is -3.04. The molecule has 3 rings (SSSR count). The molecular weight excluding hydrogens is 348 g/mol. The summed E-state index contributed by atoms with van der Waals surface area (Å²) in [6.45, 7) is 0.469. The van der Waals surface area contributed by atoms with E-state index in [1.54, 1.807) is 30.3 Å². The molecule has 130 valence electrons. The van der Waals surface area contributed by atoms with Crippen molar-refractivity contribution in [1.82, 2.24) is 0 Å². The van der Waals surface area contributed by atoms with Gasteiger partial charge in [-0.05, 0) is 41.5 Å². The molecule has 3 aromatic rings. The quantitative estimate of drug-likeness (QED) is 0.563. The molecule has 0 bridgehead atoms. The van der Waals surface area contributed by atoms with Crippen molar-refractivity contribution in [2.24, 2.45) is 0 Å². The second-order valence-electron chi connectivity index (χ2n) is 5.72. The van der Waals surface area contributed by atoms with Crippen molar-refractivity contribution < 1.29 is 14.6 Å². The van der Waals surface area contributed by atoms with Gasteiger partial charge in [-0.25, -0.2) is 4.79 Å². The second-order valence-corrected chi connectivity index (χ2v) is 6.15. The summed E-state index contributed by atoms with van der Waals surface area (Å²) in [6.07, 6.45) is 3.80. The maximum atomic E-state index is 10.9. The lowest BCUT2D eigenvalue weighted by atomic mass is 10.1. The molecule has 0 aliphatic heterocycles. The lowest BCUT2D eigenvalue weighted by Gasteiger charge is -2.10. The molecule has 0 unspecified atom stereocenters. The molecule has 0 radical (unpaired) electrons. The summed E-state index contributed by atoms with van der Waals surface area (Å²) in [7, 11) is 0. The van der Waals surface area contributed by atoms with E-state index in [2.05, 4.69) is 0 Å². The van der Waals surface area contributed by atoms with E-state index in [-0.39, 0.29) is 5.56 Å². The predicted octanol–water partition coefficient (Wildman–Crippen LogP) is 5.79. The van der Waals surface area contributed by atoms with Crippen LogP contribution >= 0.6 is 11.6 Å². The van der Waals surface area contributed by atoms with E-state index in [1.807, 2.05) is 54.6 Å². The first-order valence-electron chi connectivity index (χ1n) is 8.09. The summed E-state index contributed by atoms with van der Waals surface area (Å²) >= 11 is 6.12. The minimum absolute atomic E-state index is 0.261. The predicted molar refractivity (Wildman–Crippen MR) is 105 cm³/mol. The number of hydrogen-bond donors (Lipinski definition) is 1. The molecule has 0 aromatic heterocycles. The van der Waals surface area contributed by atoms with E-state index in [4.69, 9.17) is 21.4 Å². The number of ether oxygens (including phenoxy) is 1. The van der Waals surface area contributed by atoms with Crippen LogP contribution in [0.2, 0.25) is 5.02 Å². The zero-order valence-corrected chi connectivity index (χ0v) is 14.7. The number of halogens is 1. The summed E-state index contributed by atoms with van der Waals surface area (Å²) < 4.78 is 5.93. The SMILES string of the molecule is O=C(O)c1ccc(/C=C/c2cc(Cl)ccc2OCc2ccccc2)cc1. The Kier molecular flexibility index (Phi) is 5.72. The molecule has 1 N–H and O–H groups in total. The fourth-order valence-electron chi connectivity index (χ4n) is 2.44. The van der Waals surface area contributed by atoms with Gasteiger partial charge in [0.15, 0.2) is 0 Å². The highest BCUT2D eigenvalue weighted by atomic mass is 35.5. The van der Waals surface area contributed by atoms with Gasteiger partial charge in [0.25, 0.3) is 0 Å². The van der Waals surface area contributed by atoms with Gasteiger partial charge < -0.3 is 9.84 Å². The van der Waals surface area contributed by atoms with E-state index < -0.39 is 5.97 Å². The van der Waals surface area contributed by atoms with Gasteiger partial charge in [0, 0.05) is 10.6 Å². The monoisotopic (exact) mass is 364 g/mol. The van der Waals surface area contributed by atoms with Crippen molar-refractivity contribution in [1.29, 1.82) is 0 Å². The van der Waals surface area contributed by atoms with E-state index in [0.717, 1.165) is 22.4 Å². The first kappa shape index (κ1) is 17.8. The third-order valence-electron chi connectivity index (χ3n) is 3.82. The Morgan fingerprint density at radius 2 is 1.69 bits per heavy atom. The van der Waals surface area contributed by atoms with Crippen LogP contribution in [-0.4, -0.2) is 11.1 Å². The van der Waals surface area contributed by atoms with Crippen molar-refractivity contribution in [3.05, 3.63) is 100 Å². The summed E-state index contributed by atoms with van der Waals surface area (Å²) in [6, 6.07) is 22.1. The van der Waals surface area contributed by atoms with Crippen LogP contribution in [0.3, 0.4) is 0 Å². The van der Waals surface area contributed by atoms with Crippen LogP contribution in [0.5, 0.6) is 5.75 Å². The molecule has 0 saturated heterocycles. The molecule has 0 atom stereocenters. The minimum Gasteiger partial charge on any atom is -0.488 e. The van der Waals surface area contributed by atoms with Crippen LogP contribution in [-0.2, 0) is 6.61 Å². The second kappa shape index (κ2) is 8.37. The highest BCUT2D eigenvalue weighted by molar-refractivity contribution is 6.30. The van der Waals surface area contributed by atoms with Crippen LogP contribution in [0.25, 0.3) is 12.2 Å². The van der Waals surface area contributed by atoms with Gasteiger partial charge >= 0.3 is 5.97 Å². The molecular formula is C22H17ClO3. The molecule has 3 nitrogen and oxygen atoms in total. The van der Waals surface area contributed by atoms with Gasteiger partial charge in [-0.2, -0.15) is 0 Å². The normalized spacial score (nSPS) is 10.8. The van der Waals surface area contributed by atoms with E-state index in [1.165, 1.54) is 0 Å². The maximum absolute atomic E-state index is 10.9. The van der Waals surface area contributed by atoms with Crippen LogP contribution < -0.4 is 4.74 Å². The highest BCUT2D eigenvalue weighted by Crippen LogP contribution is 2.26. The lowest BCUT2D eigenvalue weighted by molar-refractivity contribution is 0.0697. The number of carbonyl (C=O) groups is 1. The molecule has 0 aliphatic carbocycles. The molecule has 0 fully saturated rings. The highest BCUT2D eigenvalue weighted by Gasteiger charge is 2.04. The zero-order chi connectivity index (χ0) is 18.4. The number of carboxylic acids is 1. The third kappa shape index (κ3) is 4.74. The first-order chi connectivity index (χ1) is 12.6. The van der Waals surface area contributed by atoms with Crippen LogP contribution in [0.4, 0.5) is 0 Å². The molecule has 3 aromatic carbocycles. The molecule has 4 heteroatoms. The number of rotatable bonds is 6. The molecule has 26 heavy (non-hydrogen) atoms. The van der Waals surface area contributed by atoms with E-state index in [9.17, 15) is 4.79 Å². The summed E-state index contributed by atoms with van der Waals surface area (Å²) in [5.41, 5.74) is 3.10. The molecule has 0 aliphatic rings. The Bertz CT molecular complexity index is 916. The van der Waals surface area contributed by atoms with Crippen molar-refractivity contribution in [3.8, 4) is 5.75 Å². The lowest BCUT2D eigenvalue weighted by Crippen LogP contribution is -1.96. The Balaban J connectivity index is 1.77. The molecule has 0 spiro atoms. The average Bonchev–Trinajstić information content (AvgIpc) is 2.66. The number of carboxylic acid groups (broad SMARTS) is 1. The van der Waals surface area contributed by atoms with Crippen molar-refractivity contribution in [3.63, 3.8) is 0 Å². The molecule has 0 saturated carbocycles. The number of aromatic carboxylic acids is 1. The fourth-order valence-corrected chi connectivity index (χ4v) is 2.62.